The summed E-state index contributed by atoms with van der Waals surface area (Å²) in [5.74, 6) is -0.681. The van der Waals surface area contributed by atoms with Gasteiger partial charge in [-0.15, -0.1) is 5.10 Å². The highest BCUT2D eigenvalue weighted by Crippen LogP contribution is 2.30. The number of imide groups is 1. The molecule has 1 aliphatic rings. The molecule has 3 aromatic heterocycles. The van der Waals surface area contributed by atoms with E-state index in [1.165, 1.54) is 12.1 Å². The fraction of sp³-hybridized carbons (Fsp3) is 0.125. The lowest BCUT2D eigenvalue weighted by Crippen LogP contribution is -2.29. The quantitative estimate of drug-likeness (QED) is 0.400. The van der Waals surface area contributed by atoms with E-state index >= 15 is 0 Å². The molecule has 0 unspecified atom stereocenters. The number of hydrogen-bond donors (Lipinski definition) is 0. The summed E-state index contributed by atoms with van der Waals surface area (Å²) in [6, 6.07) is 13.0. The molecule has 0 saturated carbocycles. The van der Waals surface area contributed by atoms with Crippen molar-refractivity contribution in [3.05, 3.63) is 88.9 Å². The first-order chi connectivity index (χ1) is 15.9. The van der Waals surface area contributed by atoms with E-state index in [1.54, 1.807) is 47.2 Å². The second kappa shape index (κ2) is 6.80. The predicted molar refractivity (Wildman–Crippen MR) is 118 cm³/mol. The lowest BCUT2D eigenvalue weighted by Gasteiger charge is -2.10. The van der Waals surface area contributed by atoms with Crippen molar-refractivity contribution >= 4 is 28.5 Å². The van der Waals surface area contributed by atoms with Crippen LogP contribution in [0.5, 0.6) is 0 Å². The van der Waals surface area contributed by atoms with Crippen LogP contribution in [0.15, 0.2) is 54.9 Å². The number of aromatic nitrogens is 5. The van der Waals surface area contributed by atoms with Gasteiger partial charge < -0.3 is 0 Å². The Morgan fingerprint density at radius 1 is 0.909 bits per heavy atom. The van der Waals surface area contributed by atoms with Crippen LogP contribution in [0.3, 0.4) is 0 Å². The van der Waals surface area contributed by atoms with Gasteiger partial charge in [0.05, 0.1) is 23.1 Å². The van der Waals surface area contributed by atoms with Crippen molar-refractivity contribution in [3.8, 4) is 5.69 Å². The van der Waals surface area contributed by atoms with Crippen LogP contribution in [0.1, 0.15) is 37.8 Å². The molecule has 0 atom stereocenters. The predicted octanol–water partition coefficient (Wildman–Crippen LogP) is 3.62. The topological polar surface area (TPSA) is 85.4 Å². The van der Waals surface area contributed by atoms with Gasteiger partial charge in [0.25, 0.3) is 11.8 Å². The third kappa shape index (κ3) is 2.72. The summed E-state index contributed by atoms with van der Waals surface area (Å²) in [6.07, 6.45) is 1.55. The molecule has 2 aromatic carbocycles. The highest BCUT2D eigenvalue weighted by molar-refractivity contribution is 6.21. The number of carbonyl (C=O) groups is 2. The molecule has 0 N–H and O–H groups in total. The molecule has 1 aliphatic heterocycles. The van der Waals surface area contributed by atoms with Crippen molar-refractivity contribution in [3.63, 3.8) is 0 Å². The molecule has 9 heteroatoms. The molecule has 0 bridgehead atoms. The number of hydrogen-bond acceptors (Lipinski definition) is 5. The molecule has 0 fully saturated rings. The van der Waals surface area contributed by atoms with E-state index in [1.807, 2.05) is 18.4 Å². The summed E-state index contributed by atoms with van der Waals surface area (Å²) in [5, 5.41) is 5.27. The number of benzene rings is 2. The van der Waals surface area contributed by atoms with Gasteiger partial charge in [-0.05, 0) is 55.8 Å². The van der Waals surface area contributed by atoms with Crippen LogP contribution >= 0.6 is 0 Å². The van der Waals surface area contributed by atoms with Crippen LogP contribution in [-0.2, 0) is 6.54 Å². The van der Waals surface area contributed by atoms with Crippen molar-refractivity contribution in [2.45, 2.75) is 20.4 Å². The second-order valence-corrected chi connectivity index (χ2v) is 8.00. The zero-order valence-electron chi connectivity index (χ0n) is 17.8. The second-order valence-electron chi connectivity index (χ2n) is 8.00. The van der Waals surface area contributed by atoms with E-state index in [-0.39, 0.29) is 24.2 Å². The number of aryl methyl sites for hydroxylation is 1. The van der Waals surface area contributed by atoms with Gasteiger partial charge in [-0.3, -0.25) is 19.1 Å². The summed E-state index contributed by atoms with van der Waals surface area (Å²) in [4.78, 5) is 35.8. The molecular formula is C24H17FN6O2. The van der Waals surface area contributed by atoms with E-state index in [0.29, 0.717) is 28.2 Å². The van der Waals surface area contributed by atoms with Crippen LogP contribution < -0.4 is 0 Å². The minimum absolute atomic E-state index is 0.0355. The molecule has 8 nitrogen and oxygen atoms in total. The first-order valence-corrected chi connectivity index (χ1v) is 10.4. The number of nitrogens with zero attached hydrogens (tertiary/aromatic N) is 6. The molecule has 33 heavy (non-hydrogen) atoms. The minimum Gasteiger partial charge on any atom is -0.298 e. The van der Waals surface area contributed by atoms with Gasteiger partial charge in [-0.1, -0.05) is 12.1 Å². The highest BCUT2D eigenvalue weighted by atomic mass is 19.1. The Labute approximate surface area is 186 Å². The molecule has 162 valence electrons. The van der Waals surface area contributed by atoms with E-state index in [4.69, 9.17) is 0 Å². The summed E-state index contributed by atoms with van der Waals surface area (Å²) in [6.45, 7) is 3.90. The maximum absolute atomic E-state index is 13.4. The van der Waals surface area contributed by atoms with Crippen LogP contribution in [0.25, 0.3) is 22.4 Å². The van der Waals surface area contributed by atoms with Crippen LogP contribution in [-0.4, -0.2) is 40.9 Å². The first-order valence-electron chi connectivity index (χ1n) is 10.4. The van der Waals surface area contributed by atoms with Crippen LogP contribution in [0.2, 0.25) is 0 Å². The van der Waals surface area contributed by atoms with Gasteiger partial charge in [0.1, 0.15) is 12.1 Å². The maximum Gasteiger partial charge on any atom is 0.261 e. The van der Waals surface area contributed by atoms with Gasteiger partial charge >= 0.3 is 0 Å². The van der Waals surface area contributed by atoms with Gasteiger partial charge in [0.15, 0.2) is 17.1 Å². The number of fused-ring (bicyclic) bond motifs is 4. The SMILES string of the molecule is Cc1c(C)n(-c2ccc(F)cc2)c2ncn3nc(CN4C(=O)c5ccccc5C4=O)nc3c12. The minimum atomic E-state index is -0.354. The highest BCUT2D eigenvalue weighted by Gasteiger charge is 2.36. The van der Waals surface area contributed by atoms with Crippen molar-refractivity contribution in [2.75, 3.05) is 0 Å². The number of rotatable bonds is 3. The Kier molecular flexibility index (Phi) is 3.97. The van der Waals surface area contributed by atoms with Crippen LogP contribution in [0, 0.1) is 19.7 Å². The molecular weight excluding hydrogens is 423 g/mol. The number of halogens is 1. The van der Waals surface area contributed by atoms with Gasteiger partial charge in [-0.2, -0.15) is 0 Å². The summed E-state index contributed by atoms with van der Waals surface area (Å²) in [5.41, 5.74) is 4.72. The Balaban J connectivity index is 1.45. The average Bonchev–Trinajstić information content (AvgIpc) is 3.42. The zero-order valence-corrected chi connectivity index (χ0v) is 17.8. The Morgan fingerprint density at radius 3 is 2.24 bits per heavy atom. The Hall–Kier alpha value is -4.40. The van der Waals surface area contributed by atoms with E-state index in [0.717, 1.165) is 27.2 Å². The average molecular weight is 440 g/mol. The monoisotopic (exact) mass is 440 g/mol. The third-order valence-electron chi connectivity index (χ3n) is 6.14. The number of carbonyl (C=O) groups excluding carboxylic acids is 2. The smallest absolute Gasteiger partial charge is 0.261 e. The maximum atomic E-state index is 13.4. The Morgan fingerprint density at radius 2 is 1.58 bits per heavy atom. The molecule has 0 saturated heterocycles. The largest absolute Gasteiger partial charge is 0.298 e. The fourth-order valence-corrected chi connectivity index (χ4v) is 4.40. The van der Waals surface area contributed by atoms with Crippen LogP contribution in [0.4, 0.5) is 4.39 Å². The molecule has 5 aromatic rings. The molecule has 6 rings (SSSR count). The third-order valence-corrected chi connectivity index (χ3v) is 6.14. The molecule has 4 heterocycles. The van der Waals surface area contributed by atoms with Gasteiger partial charge in [0.2, 0.25) is 0 Å². The van der Waals surface area contributed by atoms with E-state index in [9.17, 15) is 14.0 Å². The van der Waals surface area contributed by atoms with Gasteiger partial charge in [0, 0.05) is 11.4 Å². The molecule has 2 amide bonds. The summed E-state index contributed by atoms with van der Waals surface area (Å²) >= 11 is 0. The fourth-order valence-electron chi connectivity index (χ4n) is 4.40. The number of amides is 2. The summed E-state index contributed by atoms with van der Waals surface area (Å²) < 4.78 is 16.9. The van der Waals surface area contributed by atoms with Crippen molar-refractivity contribution < 1.29 is 14.0 Å². The molecule has 0 aliphatic carbocycles. The Bertz CT molecular complexity index is 1580. The van der Waals surface area contributed by atoms with Crippen molar-refractivity contribution in [1.82, 2.24) is 29.0 Å². The first kappa shape index (κ1) is 19.3. The normalized spacial score (nSPS) is 13.5. The molecule has 0 spiro atoms. The van der Waals surface area contributed by atoms with Crippen molar-refractivity contribution in [1.29, 1.82) is 0 Å². The lowest BCUT2D eigenvalue weighted by atomic mass is 10.1. The standard InChI is InChI=1S/C24H17FN6O2/c1-13-14(2)31(16-9-7-15(25)8-10-16)21-20(13)22-27-19(28-30(22)12-26-21)11-29-23(32)17-5-3-4-6-18(17)24(29)33/h3-10,12H,11H2,1-2H3. The molecule has 0 radical (unpaired) electrons. The lowest BCUT2D eigenvalue weighted by molar-refractivity contribution is 0.0638. The van der Waals surface area contributed by atoms with E-state index < -0.39 is 0 Å². The van der Waals surface area contributed by atoms with E-state index in [2.05, 4.69) is 15.1 Å². The van der Waals surface area contributed by atoms with Gasteiger partial charge in [-0.25, -0.2) is 18.9 Å². The summed E-state index contributed by atoms with van der Waals surface area (Å²) in [7, 11) is 0. The zero-order chi connectivity index (χ0) is 22.9. The van der Waals surface area contributed by atoms with Crippen molar-refractivity contribution in [2.24, 2.45) is 0 Å².